The summed E-state index contributed by atoms with van der Waals surface area (Å²) in [6.45, 7) is 2.82. The number of hydrogen-bond acceptors (Lipinski definition) is 3. The third kappa shape index (κ3) is 4.59. The molecule has 1 aromatic carbocycles. The number of nitrogens with one attached hydrogen (secondary N) is 2. The van der Waals surface area contributed by atoms with E-state index in [4.69, 9.17) is 11.6 Å². The fourth-order valence-corrected chi connectivity index (χ4v) is 2.60. The Balaban J connectivity index is 1.77. The predicted octanol–water partition coefficient (Wildman–Crippen LogP) is 2.02. The van der Waals surface area contributed by atoms with Gasteiger partial charge in [-0.2, -0.15) is 0 Å². The van der Waals surface area contributed by atoms with Crippen LogP contribution in [0.5, 0.6) is 0 Å². The summed E-state index contributed by atoms with van der Waals surface area (Å²) in [6.07, 6.45) is 1.47. The van der Waals surface area contributed by atoms with Crippen molar-refractivity contribution in [2.75, 3.05) is 25.0 Å². The number of rotatable bonds is 4. The van der Waals surface area contributed by atoms with Gasteiger partial charge in [0.05, 0.1) is 12.2 Å². The summed E-state index contributed by atoms with van der Waals surface area (Å²) in [5, 5.41) is 6.03. The first-order chi connectivity index (χ1) is 10.5. The lowest BCUT2D eigenvalue weighted by molar-refractivity contribution is -0.130. The van der Waals surface area contributed by atoms with Crippen LogP contribution >= 0.6 is 11.6 Å². The van der Waals surface area contributed by atoms with Gasteiger partial charge in [0.15, 0.2) is 0 Å². The maximum atomic E-state index is 13.5. The Bertz CT molecular complexity index is 560. The van der Waals surface area contributed by atoms with Crippen LogP contribution < -0.4 is 10.6 Å². The Morgan fingerprint density at radius 1 is 1.36 bits per heavy atom. The molecule has 22 heavy (non-hydrogen) atoms. The van der Waals surface area contributed by atoms with Crippen LogP contribution in [-0.2, 0) is 9.59 Å². The number of halogens is 2. The fourth-order valence-electron chi connectivity index (χ4n) is 2.43. The largest absolute Gasteiger partial charge is 0.374 e. The maximum absolute atomic E-state index is 13.5. The molecule has 0 unspecified atom stereocenters. The summed E-state index contributed by atoms with van der Waals surface area (Å²) in [5.74, 6) is -0.601. The number of benzene rings is 1. The first-order valence-electron chi connectivity index (χ1n) is 7.19. The molecule has 1 saturated heterocycles. The van der Waals surface area contributed by atoms with E-state index in [-0.39, 0.29) is 30.1 Å². The van der Waals surface area contributed by atoms with E-state index in [0.29, 0.717) is 18.1 Å². The zero-order chi connectivity index (χ0) is 16.1. The van der Waals surface area contributed by atoms with Crippen LogP contribution in [0.1, 0.15) is 19.8 Å². The highest BCUT2D eigenvalue weighted by Gasteiger charge is 2.21. The highest BCUT2D eigenvalue weighted by atomic mass is 35.5. The van der Waals surface area contributed by atoms with Crippen molar-refractivity contribution in [3.8, 4) is 0 Å². The second-order valence-electron chi connectivity index (χ2n) is 5.33. The molecule has 0 atom stereocenters. The molecule has 0 spiro atoms. The number of anilines is 1. The lowest BCUT2D eigenvalue weighted by Gasteiger charge is -2.31. The summed E-state index contributed by atoms with van der Waals surface area (Å²) < 4.78 is 13.5. The quantitative estimate of drug-likeness (QED) is 0.889. The molecule has 0 saturated carbocycles. The fraction of sp³-hybridized carbons (Fsp3) is 0.467. The molecule has 1 aromatic rings. The van der Waals surface area contributed by atoms with Crippen molar-refractivity contribution in [3.05, 3.63) is 29.0 Å². The molecule has 0 bridgehead atoms. The summed E-state index contributed by atoms with van der Waals surface area (Å²) >= 11 is 5.79. The van der Waals surface area contributed by atoms with Crippen LogP contribution in [0.2, 0.25) is 5.02 Å². The molecular formula is C15H19ClFN3O2. The van der Waals surface area contributed by atoms with Gasteiger partial charge < -0.3 is 15.5 Å². The Kier molecular flexibility index (Phi) is 5.60. The molecule has 1 aliphatic heterocycles. The second kappa shape index (κ2) is 7.45. The molecule has 1 heterocycles. The van der Waals surface area contributed by atoms with E-state index < -0.39 is 5.82 Å². The highest BCUT2D eigenvalue weighted by Crippen LogP contribution is 2.19. The Hall–Kier alpha value is -1.82. The van der Waals surface area contributed by atoms with Crippen LogP contribution in [0.4, 0.5) is 10.1 Å². The predicted molar refractivity (Wildman–Crippen MR) is 83.3 cm³/mol. The number of piperidine rings is 1. The zero-order valence-corrected chi connectivity index (χ0v) is 13.1. The average Bonchev–Trinajstić information content (AvgIpc) is 2.49. The normalized spacial score (nSPS) is 15.5. The first-order valence-corrected chi connectivity index (χ1v) is 7.57. The number of carbonyl (C=O) groups is 2. The molecule has 0 radical (unpaired) electrons. The van der Waals surface area contributed by atoms with E-state index in [0.717, 1.165) is 12.8 Å². The van der Waals surface area contributed by atoms with Crippen LogP contribution in [0.3, 0.4) is 0 Å². The molecule has 2 rings (SSSR count). The molecule has 5 nitrogen and oxygen atoms in total. The van der Waals surface area contributed by atoms with Gasteiger partial charge in [0, 0.05) is 31.1 Å². The van der Waals surface area contributed by atoms with Gasteiger partial charge in [0.2, 0.25) is 11.8 Å². The Labute approximate surface area is 133 Å². The number of nitrogens with zero attached hydrogens (tertiary/aromatic N) is 1. The summed E-state index contributed by atoms with van der Waals surface area (Å²) in [5.41, 5.74) is 0.203. The molecule has 120 valence electrons. The van der Waals surface area contributed by atoms with Crippen molar-refractivity contribution >= 4 is 29.1 Å². The monoisotopic (exact) mass is 327 g/mol. The second-order valence-corrected chi connectivity index (χ2v) is 5.76. The molecule has 2 amide bonds. The SMILES string of the molecule is CC(=O)N1CCC(NC(=O)CNc2cc(Cl)ccc2F)CC1. The standard InChI is InChI=1S/C15H19ClFN3O2/c1-10(21)20-6-4-12(5-7-20)19-15(22)9-18-14-8-11(16)2-3-13(14)17/h2-3,8,12,18H,4-7,9H2,1H3,(H,19,22). The van der Waals surface area contributed by atoms with Crippen molar-refractivity contribution < 1.29 is 14.0 Å². The van der Waals surface area contributed by atoms with Crippen LogP contribution in [0.15, 0.2) is 18.2 Å². The van der Waals surface area contributed by atoms with E-state index in [9.17, 15) is 14.0 Å². The first kappa shape index (κ1) is 16.5. The van der Waals surface area contributed by atoms with Crippen molar-refractivity contribution in [2.24, 2.45) is 0 Å². The molecule has 0 aromatic heterocycles. The summed E-state index contributed by atoms with van der Waals surface area (Å²) in [7, 11) is 0. The number of likely N-dealkylation sites (tertiary alicyclic amines) is 1. The van der Waals surface area contributed by atoms with E-state index in [1.165, 1.54) is 18.2 Å². The van der Waals surface area contributed by atoms with E-state index in [2.05, 4.69) is 10.6 Å². The van der Waals surface area contributed by atoms with Crippen molar-refractivity contribution in [1.82, 2.24) is 10.2 Å². The molecule has 2 N–H and O–H groups in total. The summed E-state index contributed by atoms with van der Waals surface area (Å²) in [6, 6.07) is 4.19. The minimum atomic E-state index is -0.452. The molecule has 0 aliphatic carbocycles. The number of hydrogen-bond donors (Lipinski definition) is 2. The van der Waals surface area contributed by atoms with Gasteiger partial charge in [-0.3, -0.25) is 9.59 Å². The topological polar surface area (TPSA) is 61.4 Å². The average molecular weight is 328 g/mol. The summed E-state index contributed by atoms with van der Waals surface area (Å²) in [4.78, 5) is 24.9. The number of carbonyl (C=O) groups excluding carboxylic acids is 2. The van der Waals surface area contributed by atoms with Crippen LogP contribution in [0, 0.1) is 5.82 Å². The Morgan fingerprint density at radius 2 is 2.05 bits per heavy atom. The smallest absolute Gasteiger partial charge is 0.239 e. The Morgan fingerprint density at radius 3 is 2.68 bits per heavy atom. The van der Waals surface area contributed by atoms with E-state index in [1.54, 1.807) is 11.8 Å². The number of amides is 2. The minimum absolute atomic E-state index is 0.0236. The van der Waals surface area contributed by atoms with Gasteiger partial charge in [-0.25, -0.2) is 4.39 Å². The molecule has 7 heteroatoms. The van der Waals surface area contributed by atoms with Gasteiger partial charge in [-0.15, -0.1) is 0 Å². The third-order valence-corrected chi connectivity index (χ3v) is 3.91. The van der Waals surface area contributed by atoms with Crippen LogP contribution in [-0.4, -0.2) is 42.4 Å². The van der Waals surface area contributed by atoms with Crippen LogP contribution in [0.25, 0.3) is 0 Å². The van der Waals surface area contributed by atoms with Crippen molar-refractivity contribution in [2.45, 2.75) is 25.8 Å². The van der Waals surface area contributed by atoms with Gasteiger partial charge in [0.1, 0.15) is 5.82 Å². The zero-order valence-electron chi connectivity index (χ0n) is 12.4. The van der Waals surface area contributed by atoms with Crippen molar-refractivity contribution in [1.29, 1.82) is 0 Å². The lowest BCUT2D eigenvalue weighted by atomic mass is 10.1. The molecule has 1 aliphatic rings. The van der Waals surface area contributed by atoms with Crippen molar-refractivity contribution in [3.63, 3.8) is 0 Å². The highest BCUT2D eigenvalue weighted by molar-refractivity contribution is 6.30. The maximum Gasteiger partial charge on any atom is 0.239 e. The van der Waals surface area contributed by atoms with E-state index >= 15 is 0 Å². The van der Waals surface area contributed by atoms with E-state index in [1.807, 2.05) is 0 Å². The third-order valence-electron chi connectivity index (χ3n) is 3.67. The van der Waals surface area contributed by atoms with Gasteiger partial charge in [-0.1, -0.05) is 11.6 Å². The van der Waals surface area contributed by atoms with Gasteiger partial charge in [0.25, 0.3) is 0 Å². The lowest BCUT2D eigenvalue weighted by Crippen LogP contribution is -2.47. The molecular weight excluding hydrogens is 309 g/mol. The van der Waals surface area contributed by atoms with Gasteiger partial charge in [-0.05, 0) is 31.0 Å². The minimum Gasteiger partial charge on any atom is -0.374 e. The van der Waals surface area contributed by atoms with Gasteiger partial charge >= 0.3 is 0 Å². The molecule has 1 fully saturated rings.